The van der Waals surface area contributed by atoms with Crippen molar-refractivity contribution < 1.29 is 4.84 Å². The molecule has 130 valence electrons. The van der Waals surface area contributed by atoms with Crippen LogP contribution in [-0.2, 0) is 4.84 Å². The van der Waals surface area contributed by atoms with Gasteiger partial charge in [-0.25, -0.2) is 0 Å². The van der Waals surface area contributed by atoms with E-state index in [2.05, 4.69) is 15.4 Å². The number of hydrogen-bond acceptors (Lipinski definition) is 3. The van der Waals surface area contributed by atoms with E-state index in [0.717, 1.165) is 18.7 Å². The second-order valence-corrected chi connectivity index (χ2v) is 5.65. The van der Waals surface area contributed by atoms with E-state index < -0.39 is 0 Å². The number of nitrogens with zero attached hydrogens (tertiary/aromatic N) is 3. The van der Waals surface area contributed by atoms with Crippen LogP contribution in [-0.4, -0.2) is 51.2 Å². The van der Waals surface area contributed by atoms with Crippen LogP contribution in [0.1, 0.15) is 25.7 Å². The molecule has 1 heterocycles. The van der Waals surface area contributed by atoms with E-state index in [9.17, 15) is 0 Å². The SMILES string of the molecule is CNC(=NOCCCN1CCCCC1)N(C)c1ccccc1.Cl. The highest BCUT2D eigenvalue weighted by Gasteiger charge is 2.09. The molecule has 0 saturated carbocycles. The molecule has 0 atom stereocenters. The molecule has 0 bridgehead atoms. The fourth-order valence-electron chi connectivity index (χ4n) is 2.69. The summed E-state index contributed by atoms with van der Waals surface area (Å²) in [6.07, 6.45) is 5.08. The third-order valence-electron chi connectivity index (χ3n) is 3.99. The molecule has 1 fully saturated rings. The van der Waals surface area contributed by atoms with Crippen LogP contribution in [0.15, 0.2) is 35.5 Å². The van der Waals surface area contributed by atoms with Gasteiger partial charge in [-0.3, -0.25) is 0 Å². The van der Waals surface area contributed by atoms with Crippen molar-refractivity contribution in [1.29, 1.82) is 0 Å². The molecule has 2 rings (SSSR count). The van der Waals surface area contributed by atoms with Gasteiger partial charge in [0.25, 0.3) is 0 Å². The Kier molecular flexibility index (Phi) is 9.48. The van der Waals surface area contributed by atoms with Crippen LogP contribution in [0.5, 0.6) is 0 Å². The maximum Gasteiger partial charge on any atom is 0.240 e. The Morgan fingerprint density at radius 2 is 1.91 bits per heavy atom. The van der Waals surface area contributed by atoms with Gasteiger partial charge in [0, 0.05) is 26.3 Å². The van der Waals surface area contributed by atoms with Gasteiger partial charge in [-0.15, -0.1) is 12.4 Å². The maximum atomic E-state index is 5.48. The highest BCUT2D eigenvalue weighted by atomic mass is 35.5. The van der Waals surface area contributed by atoms with Gasteiger partial charge in [0.05, 0.1) is 0 Å². The molecule has 1 saturated heterocycles. The fraction of sp³-hybridized carbons (Fsp3) is 0.588. The third kappa shape index (κ3) is 6.67. The Bertz CT molecular complexity index is 449. The molecule has 5 nitrogen and oxygen atoms in total. The van der Waals surface area contributed by atoms with Crippen LogP contribution in [0.3, 0.4) is 0 Å². The smallest absolute Gasteiger partial charge is 0.240 e. The molecule has 0 unspecified atom stereocenters. The number of nitrogens with one attached hydrogen (secondary N) is 1. The first-order valence-corrected chi connectivity index (χ1v) is 8.20. The highest BCUT2D eigenvalue weighted by molar-refractivity contribution is 5.94. The Morgan fingerprint density at radius 1 is 1.22 bits per heavy atom. The topological polar surface area (TPSA) is 40.1 Å². The zero-order chi connectivity index (χ0) is 15.6. The number of piperidine rings is 1. The predicted octanol–water partition coefficient (Wildman–Crippen LogP) is 2.93. The van der Waals surface area contributed by atoms with Crippen molar-refractivity contribution in [2.24, 2.45) is 5.16 Å². The second-order valence-electron chi connectivity index (χ2n) is 5.65. The molecule has 1 aromatic rings. The predicted molar refractivity (Wildman–Crippen MR) is 99.4 cm³/mol. The monoisotopic (exact) mass is 340 g/mol. The summed E-state index contributed by atoms with van der Waals surface area (Å²) in [5.41, 5.74) is 1.08. The number of benzene rings is 1. The first kappa shape index (κ1) is 19.6. The van der Waals surface area contributed by atoms with Crippen molar-refractivity contribution in [3.8, 4) is 0 Å². The van der Waals surface area contributed by atoms with Gasteiger partial charge in [-0.2, -0.15) is 0 Å². The Hall–Kier alpha value is -1.46. The standard InChI is InChI=1S/C17H28N4O.ClH/c1-18-17(20(2)16-10-5-3-6-11-16)19-22-15-9-14-21-12-7-4-8-13-21;/h3,5-6,10-11H,4,7-9,12-15H2,1-2H3,(H,18,19);1H. The van der Waals surface area contributed by atoms with E-state index in [4.69, 9.17) is 4.84 Å². The minimum Gasteiger partial charge on any atom is -0.393 e. The van der Waals surface area contributed by atoms with Gasteiger partial charge >= 0.3 is 0 Å². The molecular weight excluding hydrogens is 312 g/mol. The van der Waals surface area contributed by atoms with Gasteiger partial charge < -0.3 is 20.0 Å². The molecule has 0 aromatic heterocycles. The number of oxime groups is 1. The third-order valence-corrected chi connectivity index (χ3v) is 3.99. The van der Waals surface area contributed by atoms with E-state index >= 15 is 0 Å². The van der Waals surface area contributed by atoms with Crippen LogP contribution in [0, 0.1) is 0 Å². The quantitative estimate of drug-likeness (QED) is 0.374. The van der Waals surface area contributed by atoms with Crippen molar-refractivity contribution in [3.05, 3.63) is 30.3 Å². The zero-order valence-electron chi connectivity index (χ0n) is 14.2. The highest BCUT2D eigenvalue weighted by Crippen LogP contribution is 2.11. The van der Waals surface area contributed by atoms with Crippen LogP contribution in [0.2, 0.25) is 0 Å². The number of likely N-dealkylation sites (tertiary alicyclic amines) is 1. The molecule has 1 aliphatic rings. The van der Waals surface area contributed by atoms with Crippen LogP contribution in [0.25, 0.3) is 0 Å². The summed E-state index contributed by atoms with van der Waals surface area (Å²) in [5, 5.41) is 7.30. The summed E-state index contributed by atoms with van der Waals surface area (Å²) in [6, 6.07) is 10.1. The van der Waals surface area contributed by atoms with Crippen molar-refractivity contribution in [2.75, 3.05) is 45.2 Å². The molecule has 1 N–H and O–H groups in total. The number of anilines is 1. The minimum atomic E-state index is 0. The molecule has 0 spiro atoms. The van der Waals surface area contributed by atoms with Gasteiger partial charge in [-0.1, -0.05) is 24.6 Å². The lowest BCUT2D eigenvalue weighted by Gasteiger charge is -2.26. The first-order chi connectivity index (χ1) is 10.8. The average molecular weight is 341 g/mol. The van der Waals surface area contributed by atoms with Crippen LogP contribution >= 0.6 is 12.4 Å². The Balaban J connectivity index is 0.00000264. The number of rotatable bonds is 6. The lowest BCUT2D eigenvalue weighted by atomic mass is 10.1. The summed E-state index contributed by atoms with van der Waals surface area (Å²) in [6.45, 7) is 4.24. The zero-order valence-corrected chi connectivity index (χ0v) is 15.0. The van der Waals surface area contributed by atoms with Crippen molar-refractivity contribution in [3.63, 3.8) is 0 Å². The first-order valence-electron chi connectivity index (χ1n) is 8.20. The second kappa shape index (κ2) is 11.1. The summed E-state index contributed by atoms with van der Waals surface area (Å²) in [7, 11) is 3.83. The van der Waals surface area contributed by atoms with E-state index in [0.29, 0.717) is 12.6 Å². The number of hydrogen-bond donors (Lipinski definition) is 1. The lowest BCUT2D eigenvalue weighted by Crippen LogP contribution is -2.37. The van der Waals surface area contributed by atoms with Gasteiger partial charge in [0.15, 0.2) is 0 Å². The molecular formula is C17H29ClN4O. The van der Waals surface area contributed by atoms with E-state index in [-0.39, 0.29) is 12.4 Å². The lowest BCUT2D eigenvalue weighted by molar-refractivity contribution is 0.123. The molecule has 1 aromatic carbocycles. The van der Waals surface area contributed by atoms with Gasteiger partial charge in [0.1, 0.15) is 6.61 Å². The number of guanidine groups is 1. The van der Waals surface area contributed by atoms with Gasteiger partial charge in [-0.05, 0) is 49.6 Å². The van der Waals surface area contributed by atoms with E-state index in [1.165, 1.54) is 32.4 Å². The van der Waals surface area contributed by atoms with Crippen LogP contribution < -0.4 is 10.2 Å². The van der Waals surface area contributed by atoms with Crippen molar-refractivity contribution in [1.82, 2.24) is 10.2 Å². The molecule has 0 radical (unpaired) electrons. The number of para-hydroxylation sites is 1. The maximum absolute atomic E-state index is 5.48. The van der Waals surface area contributed by atoms with Crippen molar-refractivity contribution >= 4 is 24.1 Å². The van der Waals surface area contributed by atoms with E-state index in [1.54, 1.807) is 0 Å². The fourth-order valence-corrected chi connectivity index (χ4v) is 2.69. The van der Waals surface area contributed by atoms with Gasteiger partial charge in [0.2, 0.25) is 5.96 Å². The Labute approximate surface area is 146 Å². The van der Waals surface area contributed by atoms with Crippen LogP contribution in [0.4, 0.5) is 5.69 Å². The molecule has 0 aliphatic carbocycles. The minimum absolute atomic E-state index is 0. The summed E-state index contributed by atoms with van der Waals surface area (Å²) in [4.78, 5) is 9.97. The van der Waals surface area contributed by atoms with Crippen molar-refractivity contribution in [2.45, 2.75) is 25.7 Å². The summed E-state index contributed by atoms with van der Waals surface area (Å²) >= 11 is 0. The summed E-state index contributed by atoms with van der Waals surface area (Å²) in [5.74, 6) is 0.712. The normalized spacial score (nSPS) is 15.7. The molecule has 23 heavy (non-hydrogen) atoms. The summed E-state index contributed by atoms with van der Waals surface area (Å²) < 4.78 is 0. The average Bonchev–Trinajstić information content (AvgIpc) is 2.59. The Morgan fingerprint density at radius 3 is 2.57 bits per heavy atom. The molecule has 0 amide bonds. The largest absolute Gasteiger partial charge is 0.393 e. The molecule has 6 heteroatoms. The number of halogens is 1. The van der Waals surface area contributed by atoms with E-state index in [1.807, 2.05) is 49.3 Å². The molecule has 1 aliphatic heterocycles.